The topological polar surface area (TPSA) is 69.4 Å². The Morgan fingerprint density at radius 3 is 1.46 bits per heavy atom. The summed E-state index contributed by atoms with van der Waals surface area (Å²) in [5.41, 5.74) is 11.7. The quantitative estimate of drug-likeness (QED) is 0.162. The van der Waals surface area contributed by atoms with Gasteiger partial charge in [0.05, 0.1) is 27.9 Å². The van der Waals surface area contributed by atoms with Gasteiger partial charge >= 0.3 is 0 Å². The standard InChI is InChI=1S/C53H34N6/c1-5-17-35(18-6-1)39-29-31-47-43(33-39)41-25-14-16-28-46(41)59(47)48-32-30-40(52-57-50(37-21-9-3-10-22-37)56-51(58-52)38-23-11-4-12-24-38)34-44(48)53-54-45-27-15-13-26-42(45)49(55-53)36-19-7-2-8-20-36/h1-34H. The summed E-state index contributed by atoms with van der Waals surface area (Å²) in [5.74, 6) is 2.37. The molecule has 0 aliphatic carbocycles. The number of para-hydroxylation sites is 2. The van der Waals surface area contributed by atoms with Gasteiger partial charge in [0.25, 0.3) is 0 Å². The molecule has 0 N–H and O–H groups in total. The maximum atomic E-state index is 5.41. The van der Waals surface area contributed by atoms with Gasteiger partial charge in [0.1, 0.15) is 0 Å². The van der Waals surface area contributed by atoms with Crippen molar-refractivity contribution in [3.8, 4) is 73.6 Å². The van der Waals surface area contributed by atoms with E-state index in [0.717, 1.165) is 66.5 Å². The Kier molecular flexibility index (Phi) is 8.37. The van der Waals surface area contributed by atoms with Gasteiger partial charge in [-0.2, -0.15) is 0 Å². The molecule has 0 fully saturated rings. The molecule has 3 aromatic heterocycles. The van der Waals surface area contributed by atoms with Crippen molar-refractivity contribution < 1.29 is 0 Å². The van der Waals surface area contributed by atoms with E-state index in [-0.39, 0.29) is 0 Å². The van der Waals surface area contributed by atoms with Crippen LogP contribution in [0.1, 0.15) is 0 Å². The Morgan fingerprint density at radius 1 is 0.288 bits per heavy atom. The van der Waals surface area contributed by atoms with Gasteiger partial charge in [-0.3, -0.25) is 0 Å². The van der Waals surface area contributed by atoms with Crippen LogP contribution in [0.2, 0.25) is 0 Å². The average Bonchev–Trinajstić information content (AvgIpc) is 3.65. The lowest BCUT2D eigenvalue weighted by Gasteiger charge is -2.17. The van der Waals surface area contributed by atoms with E-state index in [1.807, 2.05) is 78.9 Å². The van der Waals surface area contributed by atoms with Crippen molar-refractivity contribution in [2.75, 3.05) is 0 Å². The maximum absolute atomic E-state index is 5.41. The highest BCUT2D eigenvalue weighted by Crippen LogP contribution is 2.40. The predicted molar refractivity (Wildman–Crippen MR) is 240 cm³/mol. The number of aromatic nitrogens is 6. The van der Waals surface area contributed by atoms with Crippen LogP contribution in [0.15, 0.2) is 206 Å². The molecule has 0 atom stereocenters. The molecular formula is C53H34N6. The molecule has 0 saturated carbocycles. The molecule has 11 aromatic rings. The maximum Gasteiger partial charge on any atom is 0.164 e. The molecule has 276 valence electrons. The van der Waals surface area contributed by atoms with Crippen molar-refractivity contribution in [3.05, 3.63) is 206 Å². The lowest BCUT2D eigenvalue weighted by atomic mass is 10.0. The first kappa shape index (κ1) is 34.2. The summed E-state index contributed by atoms with van der Waals surface area (Å²) in [4.78, 5) is 25.9. The Balaban J connectivity index is 1.20. The first-order chi connectivity index (χ1) is 29.2. The molecule has 6 nitrogen and oxygen atoms in total. The van der Waals surface area contributed by atoms with Crippen LogP contribution < -0.4 is 0 Å². The first-order valence-corrected chi connectivity index (χ1v) is 19.7. The van der Waals surface area contributed by atoms with Gasteiger partial charge in [-0.25, -0.2) is 24.9 Å². The molecule has 6 heteroatoms. The zero-order valence-electron chi connectivity index (χ0n) is 31.8. The summed E-state index contributed by atoms with van der Waals surface area (Å²) < 4.78 is 2.34. The minimum absolute atomic E-state index is 0.560. The molecule has 0 aliphatic rings. The molecule has 11 rings (SSSR count). The van der Waals surface area contributed by atoms with Gasteiger partial charge in [0.2, 0.25) is 0 Å². The minimum Gasteiger partial charge on any atom is -0.309 e. The molecule has 3 heterocycles. The van der Waals surface area contributed by atoms with Crippen LogP contribution in [0.25, 0.3) is 106 Å². The molecule has 0 bridgehead atoms. The Hall–Kier alpha value is -8.09. The van der Waals surface area contributed by atoms with Gasteiger partial charge in [-0.15, -0.1) is 0 Å². The summed E-state index contributed by atoms with van der Waals surface area (Å²) in [6.45, 7) is 0. The van der Waals surface area contributed by atoms with Crippen molar-refractivity contribution in [2.45, 2.75) is 0 Å². The van der Waals surface area contributed by atoms with E-state index in [1.54, 1.807) is 0 Å². The zero-order valence-corrected chi connectivity index (χ0v) is 31.8. The lowest BCUT2D eigenvalue weighted by molar-refractivity contribution is 1.07. The van der Waals surface area contributed by atoms with Gasteiger partial charge in [0, 0.05) is 44.0 Å². The third kappa shape index (κ3) is 6.20. The Labute approximate surface area is 340 Å². The predicted octanol–water partition coefficient (Wildman–Crippen LogP) is 12.9. The normalized spacial score (nSPS) is 11.4. The Morgan fingerprint density at radius 2 is 0.797 bits per heavy atom. The number of hydrogen-bond acceptors (Lipinski definition) is 5. The highest BCUT2D eigenvalue weighted by atomic mass is 15.0. The van der Waals surface area contributed by atoms with Gasteiger partial charge in [0.15, 0.2) is 23.3 Å². The number of benzene rings is 8. The lowest BCUT2D eigenvalue weighted by Crippen LogP contribution is -2.03. The molecule has 0 saturated heterocycles. The fourth-order valence-electron chi connectivity index (χ4n) is 8.04. The average molecular weight is 755 g/mol. The van der Waals surface area contributed by atoms with Crippen molar-refractivity contribution in [3.63, 3.8) is 0 Å². The number of nitrogens with zero attached hydrogens (tertiary/aromatic N) is 6. The second kappa shape index (κ2) is 14.4. The van der Waals surface area contributed by atoms with E-state index in [4.69, 9.17) is 24.9 Å². The summed E-state index contributed by atoms with van der Waals surface area (Å²) in [6.07, 6.45) is 0. The van der Waals surface area contributed by atoms with Crippen LogP contribution >= 0.6 is 0 Å². The first-order valence-electron chi connectivity index (χ1n) is 19.7. The van der Waals surface area contributed by atoms with Crippen molar-refractivity contribution in [1.29, 1.82) is 0 Å². The van der Waals surface area contributed by atoms with Crippen molar-refractivity contribution >= 4 is 32.7 Å². The van der Waals surface area contributed by atoms with Crippen molar-refractivity contribution in [1.82, 2.24) is 29.5 Å². The van der Waals surface area contributed by atoms with E-state index < -0.39 is 0 Å². The van der Waals surface area contributed by atoms with E-state index in [1.165, 1.54) is 16.5 Å². The largest absolute Gasteiger partial charge is 0.309 e. The number of rotatable bonds is 7. The summed E-state index contributed by atoms with van der Waals surface area (Å²) in [5, 5.41) is 3.32. The molecular weight excluding hydrogens is 721 g/mol. The monoisotopic (exact) mass is 754 g/mol. The molecule has 0 unspecified atom stereocenters. The number of hydrogen-bond donors (Lipinski definition) is 0. The van der Waals surface area contributed by atoms with Crippen LogP contribution in [0, 0.1) is 0 Å². The molecule has 0 amide bonds. The Bertz CT molecular complexity index is 3250. The third-order valence-corrected chi connectivity index (χ3v) is 10.9. The molecule has 0 radical (unpaired) electrons. The summed E-state index contributed by atoms with van der Waals surface area (Å²) in [7, 11) is 0. The van der Waals surface area contributed by atoms with E-state index in [2.05, 4.69) is 132 Å². The summed E-state index contributed by atoms with van der Waals surface area (Å²) >= 11 is 0. The van der Waals surface area contributed by atoms with Crippen LogP contribution in [0.3, 0.4) is 0 Å². The molecule has 59 heavy (non-hydrogen) atoms. The fourth-order valence-corrected chi connectivity index (χ4v) is 8.04. The van der Waals surface area contributed by atoms with E-state index in [9.17, 15) is 0 Å². The molecule has 0 spiro atoms. The molecule has 8 aromatic carbocycles. The van der Waals surface area contributed by atoms with Gasteiger partial charge in [-0.1, -0.05) is 164 Å². The van der Waals surface area contributed by atoms with Crippen molar-refractivity contribution in [2.24, 2.45) is 0 Å². The SMILES string of the molecule is c1ccc(-c2ccc3c(c2)c2ccccc2n3-c2ccc(-c3nc(-c4ccccc4)nc(-c4ccccc4)n3)cc2-c2nc(-c3ccccc3)c3ccccc3n2)cc1. The highest BCUT2D eigenvalue weighted by Gasteiger charge is 2.22. The van der Waals surface area contributed by atoms with Gasteiger partial charge < -0.3 is 4.57 Å². The zero-order chi connectivity index (χ0) is 39.1. The van der Waals surface area contributed by atoms with Crippen LogP contribution in [0.4, 0.5) is 0 Å². The van der Waals surface area contributed by atoms with E-state index in [0.29, 0.717) is 23.3 Å². The molecule has 0 aliphatic heterocycles. The second-order valence-electron chi connectivity index (χ2n) is 14.5. The number of fused-ring (bicyclic) bond motifs is 4. The fraction of sp³-hybridized carbons (Fsp3) is 0. The second-order valence-corrected chi connectivity index (χ2v) is 14.5. The third-order valence-electron chi connectivity index (χ3n) is 10.9. The minimum atomic E-state index is 0.560. The van der Waals surface area contributed by atoms with Crippen LogP contribution in [-0.2, 0) is 0 Å². The van der Waals surface area contributed by atoms with Crippen LogP contribution in [-0.4, -0.2) is 29.5 Å². The smallest absolute Gasteiger partial charge is 0.164 e. The van der Waals surface area contributed by atoms with Gasteiger partial charge in [-0.05, 0) is 53.6 Å². The highest BCUT2D eigenvalue weighted by molar-refractivity contribution is 6.11. The van der Waals surface area contributed by atoms with E-state index >= 15 is 0 Å². The summed E-state index contributed by atoms with van der Waals surface area (Å²) in [6, 6.07) is 71.0. The van der Waals surface area contributed by atoms with Crippen LogP contribution in [0.5, 0.6) is 0 Å².